The van der Waals surface area contributed by atoms with E-state index in [1.807, 2.05) is 0 Å². The van der Waals surface area contributed by atoms with Gasteiger partial charge in [0, 0.05) is 96.4 Å². The van der Waals surface area contributed by atoms with Crippen molar-refractivity contribution in [2.45, 2.75) is 0 Å². The van der Waals surface area contributed by atoms with E-state index in [4.69, 9.17) is 0 Å². The maximum atomic E-state index is 11.5. The summed E-state index contributed by atoms with van der Waals surface area (Å²) in [6.07, 6.45) is -10.1. The van der Waals surface area contributed by atoms with Crippen LogP contribution in [0.15, 0.2) is 0 Å². The van der Waals surface area contributed by atoms with Crippen LogP contribution in [0.3, 0.4) is 0 Å². The normalized spacial score (nSPS) is 11.6. The fourth-order valence-electron chi connectivity index (χ4n) is 3.98. The second kappa shape index (κ2) is 40.6. The molecule has 46 heteroatoms. The Morgan fingerprint density at radius 3 is 0.377 bits per heavy atom. The topological polar surface area (TPSA) is 933 Å². The zero-order chi connectivity index (χ0) is 38.0. The molecule has 0 bridgehead atoms. The smallest absolute Gasteiger partial charge is 0.0264 e. The minimum atomic E-state index is -5.47. The molecule has 0 aliphatic rings. The zero-order valence-electron chi connectivity index (χ0n) is 37.5. The quantitative estimate of drug-likeness (QED) is 0.0358. The average molecular weight is 1070 g/mol. The summed E-state index contributed by atoms with van der Waals surface area (Å²) in [5.74, 6) is 0. The lowest BCUT2D eigenvalue weighted by molar-refractivity contribution is -0.321. The van der Waals surface area contributed by atoms with E-state index in [1.54, 1.807) is 0 Å². The number of hydrogen-bond donors (Lipinski definition) is 13. The van der Waals surface area contributed by atoms with E-state index in [-0.39, 0.29) is 80.0 Å². The molecule has 0 aromatic heterocycles. The molecular weight excluding hydrogens is 985 g/mol. The highest BCUT2D eigenvalue weighted by Crippen LogP contribution is 2.33. The van der Waals surface area contributed by atoms with Gasteiger partial charge in [-0.15, -0.1) is 0 Å². The van der Waals surface area contributed by atoms with Crippen molar-refractivity contribution < 1.29 is 100 Å². The molecule has 0 amide bonds. The molecule has 394 valence electrons. The minimum Gasteiger partial charge on any atom is -0.810 e. The van der Waals surface area contributed by atoms with Crippen LogP contribution in [0.5, 0.6) is 0 Å². The van der Waals surface area contributed by atoms with Crippen molar-refractivity contribution >= 4 is 53.2 Å². The summed E-state index contributed by atoms with van der Waals surface area (Å²) in [5.41, 5.74) is 0. The van der Waals surface area contributed by atoms with E-state index in [2.05, 4.69) is 0 Å². The molecule has 0 aliphatic heterocycles. The molecule has 39 nitrogen and oxygen atoms in total. The summed E-state index contributed by atoms with van der Waals surface area (Å²) in [6.45, 7) is -5.71. The minimum absolute atomic E-state index is 0. The van der Waals surface area contributed by atoms with E-state index >= 15 is 0 Å². The first-order valence-corrected chi connectivity index (χ1v) is 24.9. The third-order valence-electron chi connectivity index (χ3n) is 5.54. The molecule has 0 saturated heterocycles. The Bertz CT molecular complexity index is 1220. The Morgan fingerprint density at radius 1 is 0.197 bits per heavy atom. The van der Waals surface area contributed by atoms with Crippen molar-refractivity contribution in [2.24, 2.45) is 0 Å². The van der Waals surface area contributed by atoms with Gasteiger partial charge in [0.1, 0.15) is 0 Å². The van der Waals surface area contributed by atoms with Crippen molar-refractivity contribution in [3.05, 3.63) is 0 Å². The van der Waals surface area contributed by atoms with Crippen molar-refractivity contribution in [3.63, 3.8) is 0 Å². The molecule has 0 aliphatic carbocycles. The second-order valence-corrected chi connectivity index (χ2v) is 20.9. The zero-order valence-corrected chi connectivity index (χ0v) is 43.8. The van der Waals surface area contributed by atoms with Crippen LogP contribution in [0, 0.1) is 0 Å². The number of quaternary nitrogens is 13. The molecule has 52 N–H and O–H groups in total. The van der Waals surface area contributed by atoms with Crippen LogP contribution in [0.4, 0.5) is 0 Å². The lowest BCUT2D eigenvalue weighted by atomic mass is 10.4. The Labute approximate surface area is 354 Å². The molecule has 0 atom stereocenters. The van der Waals surface area contributed by atoms with Crippen molar-refractivity contribution in [3.8, 4) is 0 Å². The maximum absolute atomic E-state index is 11.5. The van der Waals surface area contributed by atoms with Gasteiger partial charge in [0.15, 0.2) is 0 Å². The van der Waals surface area contributed by atoms with Crippen LogP contribution in [0.25, 0.3) is 0 Å². The Morgan fingerprint density at radius 2 is 0.279 bits per heavy atom. The highest BCUT2D eigenvalue weighted by molar-refractivity contribution is 7.50. The Kier molecular flexibility index (Phi) is 66.3. The van der Waals surface area contributed by atoms with Crippen LogP contribution < -0.4 is 148 Å². The summed E-state index contributed by atoms with van der Waals surface area (Å²) in [4.78, 5) is 160. The molecule has 0 rings (SSSR count). The Hall–Kier alpha value is 0.330. The van der Waals surface area contributed by atoms with Gasteiger partial charge >= 0.3 is 0 Å². The van der Waals surface area contributed by atoms with Gasteiger partial charge in [0.2, 0.25) is 0 Å². The van der Waals surface area contributed by atoms with Crippen LogP contribution in [0.1, 0.15) is 0 Å². The highest BCUT2D eigenvalue weighted by Gasteiger charge is 2.18. The standard InChI is InChI=1S/C15H44N5O21P7.13H3N/c21-42(22,23)9-16(1-3-17(10-43(24,25)26)5-7-19(12-45(30,31)32)13-46(33,34)35)2-4-18(11-44(27,28)29)6-8-20(14-47(36,37)38)15-48(39,40)41;;;;;;;;;;;;;/h1-15H2,(H2,21,22,23)(H2,24,25,26)(H2,27,28,29)(H2,30,31,32)(H2,33,34,35)(H2,36,37,38)(H2,39,40,41);13*1H3/p-1. The molecule has 0 spiro atoms. The number of rotatable bonds is 26. The fraction of sp³-hybridized carbons (Fsp3) is 1.00. The lowest BCUT2D eigenvalue weighted by Gasteiger charge is -2.43. The highest BCUT2D eigenvalue weighted by atomic mass is 31.2. The predicted octanol–water partition coefficient (Wildman–Crippen LogP) is -7.51. The summed E-state index contributed by atoms with van der Waals surface area (Å²) in [7, 11) is -38.3. The monoisotopic (exact) mass is 1070 g/mol. The van der Waals surface area contributed by atoms with Crippen LogP contribution in [-0.2, 0) is 32.0 Å². The first-order chi connectivity index (χ1) is 21.1. The summed E-state index contributed by atoms with van der Waals surface area (Å²) < 4.78 is 78.8. The largest absolute Gasteiger partial charge is 0.810 e. The third kappa shape index (κ3) is 67.0. The van der Waals surface area contributed by atoms with Gasteiger partial charge < -0.3 is 180 Å². The van der Waals surface area contributed by atoms with Crippen molar-refractivity contribution in [2.75, 3.05) is 96.4 Å². The Balaban J connectivity index is -0.000000142. The van der Waals surface area contributed by atoms with E-state index in [1.165, 1.54) is 0 Å². The van der Waals surface area contributed by atoms with Gasteiger partial charge in [-0.2, -0.15) is 0 Å². The van der Waals surface area contributed by atoms with E-state index in [0.717, 1.165) is 4.90 Å². The van der Waals surface area contributed by atoms with E-state index in [9.17, 15) is 100 Å². The molecule has 0 radical (unpaired) electrons. The molecular formula is C15H82N18O21P7-. The number of hydrogen-bond acceptors (Lipinski definition) is 26. The molecule has 0 aromatic rings. The maximum Gasteiger partial charge on any atom is 0.0264 e. The van der Waals surface area contributed by atoms with Crippen LogP contribution in [-0.4, -0.2) is 121 Å². The predicted molar refractivity (Wildman–Crippen MR) is 213 cm³/mol. The average Bonchev–Trinajstić information content (AvgIpc) is 2.75. The summed E-state index contributed by atoms with van der Waals surface area (Å²) >= 11 is 0. The summed E-state index contributed by atoms with van der Waals surface area (Å²) in [5, 5.41) is 0. The van der Waals surface area contributed by atoms with Gasteiger partial charge in [-0.3, -0.25) is 24.5 Å². The van der Waals surface area contributed by atoms with Gasteiger partial charge in [-0.05, 0) is 0 Å². The molecule has 0 aromatic carbocycles. The molecule has 0 unspecified atom stereocenters. The third-order valence-corrected chi connectivity index (χ3v) is 10.8. The lowest BCUT2D eigenvalue weighted by Crippen LogP contribution is -2.47. The SMILES string of the molecule is O=P([O-])([O-])CN(CCN(CCN(CP(=O)([O-])[O-])CP(=O)([O-])[O-])CP(=O)([O-])[O-])CCN(CCN(CP(=O)([O-])[O-])CP(=O)([O-])[O-])CP(=O)([O-])[O-].[NH4+].[NH4+].[NH4+].[NH4+].[NH4+].[NH4+].[NH4+].[NH4+].[NH4+].[NH4+].[NH4+].[NH4+].[NH4+]. The van der Waals surface area contributed by atoms with Crippen molar-refractivity contribution in [1.29, 1.82) is 0 Å². The van der Waals surface area contributed by atoms with Crippen LogP contribution in [0.2, 0.25) is 0 Å². The fourth-order valence-corrected chi connectivity index (χ4v) is 9.54. The summed E-state index contributed by atoms with van der Waals surface area (Å²) in [6, 6.07) is 0. The van der Waals surface area contributed by atoms with Gasteiger partial charge in [-0.1, -0.05) is 53.2 Å². The van der Waals surface area contributed by atoms with E-state index in [0.29, 0.717) is 19.6 Å². The molecule has 0 saturated carbocycles. The second-order valence-electron chi connectivity index (χ2n) is 10.4. The molecule has 0 fully saturated rings. The van der Waals surface area contributed by atoms with Crippen molar-refractivity contribution in [1.82, 2.24) is 104 Å². The van der Waals surface area contributed by atoms with E-state index < -0.39 is 150 Å². The van der Waals surface area contributed by atoms with Gasteiger partial charge in [-0.25, -0.2) is 0 Å². The molecule has 0 heterocycles. The van der Waals surface area contributed by atoms with Gasteiger partial charge in [0.05, 0.1) is 0 Å². The first kappa shape index (κ1) is 99.6. The number of nitrogens with zero attached hydrogens (tertiary/aromatic N) is 5. The van der Waals surface area contributed by atoms with Gasteiger partial charge in [0.25, 0.3) is 0 Å². The molecule has 61 heavy (non-hydrogen) atoms. The first-order valence-electron chi connectivity index (χ1n) is 12.8. The van der Waals surface area contributed by atoms with Crippen LogP contribution >= 0.6 is 53.2 Å².